The molecule has 0 saturated carbocycles. The van der Waals surface area contributed by atoms with E-state index in [4.69, 9.17) is 4.42 Å². The van der Waals surface area contributed by atoms with Crippen molar-refractivity contribution in [2.45, 2.75) is 0 Å². The van der Waals surface area contributed by atoms with Crippen LogP contribution in [0.3, 0.4) is 0 Å². The van der Waals surface area contributed by atoms with E-state index in [2.05, 4.69) is 30.9 Å². The summed E-state index contributed by atoms with van der Waals surface area (Å²) < 4.78 is 23.4. The Hall–Kier alpha value is -1.76. The van der Waals surface area contributed by atoms with Gasteiger partial charge >= 0.3 is 11.9 Å². The van der Waals surface area contributed by atoms with E-state index in [1.807, 2.05) is 0 Å². The molecule has 0 atom stereocenters. The zero-order chi connectivity index (χ0) is 12.4. The highest BCUT2D eigenvalue weighted by atomic mass is 79.9. The molecule has 88 valence electrons. The number of benzene rings is 1. The van der Waals surface area contributed by atoms with Gasteiger partial charge in [0.1, 0.15) is 5.82 Å². The van der Waals surface area contributed by atoms with Crippen LogP contribution >= 0.6 is 15.9 Å². The van der Waals surface area contributed by atoms with E-state index >= 15 is 0 Å². The molecule has 0 N–H and O–H groups in total. The highest BCUT2D eigenvalue weighted by Crippen LogP contribution is 2.29. The third kappa shape index (κ3) is 2.19. The van der Waals surface area contributed by atoms with Crippen molar-refractivity contribution in [3.63, 3.8) is 0 Å². The van der Waals surface area contributed by atoms with Crippen LogP contribution in [0.1, 0.15) is 10.7 Å². The number of methoxy groups -OCH3 is 1. The van der Waals surface area contributed by atoms with Crippen LogP contribution in [-0.4, -0.2) is 23.3 Å². The molecule has 0 spiro atoms. The first-order chi connectivity index (χ1) is 8.13. The minimum Gasteiger partial charge on any atom is -0.462 e. The summed E-state index contributed by atoms with van der Waals surface area (Å²) in [7, 11) is 1.19. The van der Waals surface area contributed by atoms with Crippen LogP contribution in [0.25, 0.3) is 11.5 Å². The molecule has 0 unspecified atom stereocenters. The van der Waals surface area contributed by atoms with Gasteiger partial charge in [-0.25, -0.2) is 9.18 Å². The van der Waals surface area contributed by atoms with Gasteiger partial charge < -0.3 is 9.15 Å². The van der Waals surface area contributed by atoms with Crippen molar-refractivity contribution < 1.29 is 18.3 Å². The van der Waals surface area contributed by atoms with E-state index < -0.39 is 11.8 Å². The molecular formula is C10H6BrFN2O3. The molecule has 0 aliphatic rings. The lowest BCUT2D eigenvalue weighted by molar-refractivity contribution is 0.0556. The molecule has 1 aromatic carbocycles. The van der Waals surface area contributed by atoms with Crippen LogP contribution in [0.15, 0.2) is 27.1 Å². The number of rotatable bonds is 2. The summed E-state index contributed by atoms with van der Waals surface area (Å²) in [4.78, 5) is 11.1. The number of halogens is 2. The van der Waals surface area contributed by atoms with Crippen molar-refractivity contribution in [3.05, 3.63) is 34.4 Å². The predicted octanol–water partition coefficient (Wildman–Crippen LogP) is 2.42. The molecule has 0 fully saturated rings. The van der Waals surface area contributed by atoms with Gasteiger partial charge in [0.25, 0.3) is 5.89 Å². The molecule has 0 aliphatic carbocycles. The molecular weight excluding hydrogens is 295 g/mol. The first kappa shape index (κ1) is 11.7. The lowest BCUT2D eigenvalue weighted by Crippen LogP contribution is -2.00. The quantitative estimate of drug-likeness (QED) is 0.797. The minimum atomic E-state index is -0.767. The maximum Gasteiger partial charge on any atom is 0.396 e. The third-order valence-electron chi connectivity index (χ3n) is 1.96. The van der Waals surface area contributed by atoms with Crippen LogP contribution in [-0.2, 0) is 4.74 Å². The Morgan fingerprint density at radius 1 is 1.47 bits per heavy atom. The fraction of sp³-hybridized carbons (Fsp3) is 0.100. The Kier molecular flexibility index (Phi) is 3.19. The van der Waals surface area contributed by atoms with Crippen molar-refractivity contribution in [2.24, 2.45) is 0 Å². The number of hydrogen-bond donors (Lipinski definition) is 0. The van der Waals surface area contributed by atoms with E-state index in [-0.39, 0.29) is 17.3 Å². The number of ether oxygens (including phenoxy) is 1. The summed E-state index contributed by atoms with van der Waals surface area (Å²) >= 11 is 3.16. The number of carbonyl (C=O) groups excluding carboxylic acids is 1. The summed E-state index contributed by atoms with van der Waals surface area (Å²) in [5.41, 5.74) is 0.107. The Bertz CT molecular complexity index is 550. The molecule has 0 aliphatic heterocycles. The zero-order valence-electron chi connectivity index (χ0n) is 8.61. The second kappa shape index (κ2) is 4.62. The van der Waals surface area contributed by atoms with Crippen LogP contribution in [0, 0.1) is 5.82 Å². The van der Waals surface area contributed by atoms with Crippen molar-refractivity contribution in [1.82, 2.24) is 10.2 Å². The van der Waals surface area contributed by atoms with Gasteiger partial charge in [0.05, 0.1) is 12.7 Å². The Morgan fingerprint density at radius 3 is 2.88 bits per heavy atom. The molecule has 17 heavy (non-hydrogen) atoms. The van der Waals surface area contributed by atoms with Gasteiger partial charge in [-0.15, -0.1) is 10.2 Å². The predicted molar refractivity (Wildman–Crippen MR) is 58.7 cm³/mol. The highest BCUT2D eigenvalue weighted by molar-refractivity contribution is 9.10. The first-order valence-corrected chi connectivity index (χ1v) is 5.29. The fourth-order valence-corrected chi connectivity index (χ4v) is 1.71. The van der Waals surface area contributed by atoms with Gasteiger partial charge in [-0.3, -0.25) is 0 Å². The van der Waals surface area contributed by atoms with Crippen molar-refractivity contribution in [2.75, 3.05) is 7.11 Å². The SMILES string of the molecule is COC(=O)c1nnc(-c2c(F)cccc2Br)o1. The lowest BCUT2D eigenvalue weighted by atomic mass is 10.2. The van der Waals surface area contributed by atoms with E-state index in [0.29, 0.717) is 4.47 Å². The van der Waals surface area contributed by atoms with Crippen molar-refractivity contribution in [3.8, 4) is 11.5 Å². The van der Waals surface area contributed by atoms with Gasteiger partial charge in [-0.2, -0.15) is 0 Å². The zero-order valence-corrected chi connectivity index (χ0v) is 10.2. The number of aromatic nitrogens is 2. The normalized spacial score (nSPS) is 10.3. The number of carbonyl (C=O) groups is 1. The molecule has 7 heteroatoms. The van der Waals surface area contributed by atoms with Crippen LogP contribution < -0.4 is 0 Å². The molecule has 2 aromatic rings. The minimum absolute atomic E-state index is 0.0876. The van der Waals surface area contributed by atoms with Crippen LogP contribution in [0.4, 0.5) is 4.39 Å². The van der Waals surface area contributed by atoms with E-state index in [0.717, 1.165) is 0 Å². The number of nitrogens with zero attached hydrogens (tertiary/aromatic N) is 2. The largest absolute Gasteiger partial charge is 0.462 e. The summed E-state index contributed by atoms with van der Waals surface area (Å²) in [6.45, 7) is 0. The Balaban J connectivity index is 2.47. The molecule has 2 rings (SSSR count). The Morgan fingerprint density at radius 2 is 2.24 bits per heavy atom. The monoisotopic (exact) mass is 300 g/mol. The van der Waals surface area contributed by atoms with Crippen molar-refractivity contribution in [1.29, 1.82) is 0 Å². The third-order valence-corrected chi connectivity index (χ3v) is 2.62. The molecule has 0 amide bonds. The van der Waals surface area contributed by atoms with Gasteiger partial charge in [-0.1, -0.05) is 6.07 Å². The summed E-state index contributed by atoms with van der Waals surface area (Å²) in [5.74, 6) is -1.70. The molecule has 1 aromatic heterocycles. The number of esters is 1. The molecule has 0 saturated heterocycles. The highest BCUT2D eigenvalue weighted by Gasteiger charge is 2.19. The lowest BCUT2D eigenvalue weighted by Gasteiger charge is -1.99. The number of hydrogen-bond acceptors (Lipinski definition) is 5. The van der Waals surface area contributed by atoms with E-state index in [9.17, 15) is 9.18 Å². The Labute approximate surface area is 104 Å². The topological polar surface area (TPSA) is 65.2 Å². The van der Waals surface area contributed by atoms with Gasteiger partial charge in [0.15, 0.2) is 0 Å². The van der Waals surface area contributed by atoms with Crippen LogP contribution in [0.5, 0.6) is 0 Å². The van der Waals surface area contributed by atoms with E-state index in [1.54, 1.807) is 6.07 Å². The molecule has 5 nitrogen and oxygen atoms in total. The smallest absolute Gasteiger partial charge is 0.396 e. The molecule has 0 radical (unpaired) electrons. The fourth-order valence-electron chi connectivity index (χ4n) is 1.20. The van der Waals surface area contributed by atoms with Crippen LogP contribution in [0.2, 0.25) is 0 Å². The van der Waals surface area contributed by atoms with E-state index in [1.165, 1.54) is 19.2 Å². The second-order valence-electron chi connectivity index (χ2n) is 3.00. The van der Waals surface area contributed by atoms with Gasteiger partial charge in [0, 0.05) is 4.47 Å². The summed E-state index contributed by atoms with van der Waals surface area (Å²) in [6, 6.07) is 4.41. The maximum absolute atomic E-state index is 13.6. The van der Waals surface area contributed by atoms with Gasteiger partial charge in [0.2, 0.25) is 0 Å². The average Bonchev–Trinajstić information content (AvgIpc) is 2.77. The summed E-state index contributed by atoms with van der Waals surface area (Å²) in [6.07, 6.45) is 0. The second-order valence-corrected chi connectivity index (χ2v) is 3.85. The summed E-state index contributed by atoms with van der Waals surface area (Å²) in [5, 5.41) is 7.06. The maximum atomic E-state index is 13.6. The standard InChI is InChI=1S/C10H6BrFN2O3/c1-16-10(15)9-14-13-8(17-9)7-5(11)3-2-4-6(7)12/h2-4H,1H3. The first-order valence-electron chi connectivity index (χ1n) is 4.49. The van der Waals surface area contributed by atoms with Crippen molar-refractivity contribution >= 4 is 21.9 Å². The van der Waals surface area contributed by atoms with Gasteiger partial charge in [-0.05, 0) is 28.1 Å². The average molecular weight is 301 g/mol. The molecule has 0 bridgehead atoms. The molecule has 1 heterocycles.